The van der Waals surface area contributed by atoms with Crippen LogP contribution in [0.4, 0.5) is 5.69 Å². The van der Waals surface area contributed by atoms with Gasteiger partial charge in [0.05, 0.1) is 15.5 Å². The van der Waals surface area contributed by atoms with Gasteiger partial charge in [-0.15, -0.1) is 0 Å². The predicted octanol–water partition coefficient (Wildman–Crippen LogP) is 2.92. The summed E-state index contributed by atoms with van der Waals surface area (Å²) in [7, 11) is -3.96. The van der Waals surface area contributed by atoms with Crippen LogP contribution in [0, 0.1) is 6.92 Å². The van der Waals surface area contributed by atoms with Gasteiger partial charge in [-0.3, -0.25) is 30.1 Å². The molecule has 0 unspecified atom stereocenters. The number of carbonyl (C=O) groups is 2. The second-order valence-electron chi connectivity index (χ2n) is 6.24. The van der Waals surface area contributed by atoms with Crippen LogP contribution in [0.3, 0.4) is 0 Å². The lowest BCUT2D eigenvalue weighted by Crippen LogP contribution is -2.42. The summed E-state index contributed by atoms with van der Waals surface area (Å²) in [4.78, 5) is 28.1. The van der Waals surface area contributed by atoms with Crippen LogP contribution in [0.15, 0.2) is 71.8 Å². The van der Waals surface area contributed by atoms with Gasteiger partial charge in [-0.05, 0) is 55.0 Å². The summed E-state index contributed by atoms with van der Waals surface area (Å²) in [5.74, 6) is -1.41. The van der Waals surface area contributed by atoms with Crippen molar-refractivity contribution in [3.05, 3.63) is 88.7 Å². The molecule has 3 rings (SSSR count). The fraction of sp³-hybridized carbons (Fsp3) is 0.0500. The Balaban J connectivity index is 1.77. The molecule has 30 heavy (non-hydrogen) atoms. The Morgan fingerprint density at radius 3 is 2.40 bits per heavy atom. The van der Waals surface area contributed by atoms with Crippen molar-refractivity contribution < 1.29 is 18.0 Å². The van der Waals surface area contributed by atoms with E-state index in [1.165, 1.54) is 24.4 Å². The highest BCUT2D eigenvalue weighted by molar-refractivity contribution is 7.92. The van der Waals surface area contributed by atoms with E-state index in [2.05, 4.69) is 20.6 Å². The van der Waals surface area contributed by atoms with Gasteiger partial charge >= 0.3 is 0 Å². The highest BCUT2D eigenvalue weighted by atomic mass is 35.5. The molecule has 0 fully saturated rings. The SMILES string of the molecule is Cc1cccc(NS(=O)(=O)c2ccc(Cl)c(C(=O)NNC(=O)c3ccccn3)c2)c1. The lowest BCUT2D eigenvalue weighted by Gasteiger charge is -2.12. The molecule has 0 aliphatic rings. The van der Waals surface area contributed by atoms with Crippen molar-refractivity contribution in [2.24, 2.45) is 0 Å². The van der Waals surface area contributed by atoms with Crippen LogP contribution in [-0.4, -0.2) is 25.2 Å². The van der Waals surface area contributed by atoms with Crippen LogP contribution < -0.4 is 15.6 Å². The molecule has 3 aromatic rings. The summed E-state index contributed by atoms with van der Waals surface area (Å²) in [6.45, 7) is 1.84. The number of nitrogens with one attached hydrogen (secondary N) is 3. The van der Waals surface area contributed by atoms with Gasteiger partial charge in [-0.25, -0.2) is 8.42 Å². The maximum absolute atomic E-state index is 12.7. The zero-order valence-corrected chi connectivity index (χ0v) is 17.3. The fourth-order valence-corrected chi connectivity index (χ4v) is 3.79. The number of hydrogen-bond donors (Lipinski definition) is 3. The molecule has 0 spiro atoms. The number of carbonyl (C=O) groups excluding carboxylic acids is 2. The Morgan fingerprint density at radius 2 is 1.70 bits per heavy atom. The first-order chi connectivity index (χ1) is 14.3. The van der Waals surface area contributed by atoms with Crippen molar-refractivity contribution in [1.82, 2.24) is 15.8 Å². The second kappa shape index (κ2) is 8.93. The molecular weight excluding hydrogens is 428 g/mol. The lowest BCUT2D eigenvalue weighted by molar-refractivity contribution is 0.0844. The zero-order chi connectivity index (χ0) is 21.7. The van der Waals surface area contributed by atoms with E-state index in [1.54, 1.807) is 30.3 Å². The lowest BCUT2D eigenvalue weighted by atomic mass is 10.2. The first kappa shape index (κ1) is 21.3. The van der Waals surface area contributed by atoms with Crippen LogP contribution in [-0.2, 0) is 10.0 Å². The van der Waals surface area contributed by atoms with Crippen LogP contribution >= 0.6 is 11.6 Å². The first-order valence-electron chi connectivity index (χ1n) is 8.67. The Morgan fingerprint density at radius 1 is 0.933 bits per heavy atom. The molecule has 8 nitrogen and oxygen atoms in total. The van der Waals surface area contributed by atoms with Crippen molar-refractivity contribution in [2.75, 3.05) is 4.72 Å². The predicted molar refractivity (Wildman–Crippen MR) is 113 cm³/mol. The van der Waals surface area contributed by atoms with E-state index < -0.39 is 21.8 Å². The molecule has 0 bridgehead atoms. The first-order valence-corrected chi connectivity index (χ1v) is 10.5. The summed E-state index contributed by atoms with van der Waals surface area (Å²) in [6, 6.07) is 15.3. The number of nitrogens with zero attached hydrogens (tertiary/aromatic N) is 1. The number of aryl methyl sites for hydroxylation is 1. The quantitative estimate of drug-likeness (QED) is 0.523. The standard InChI is InChI=1S/C20H17ClN4O4S/c1-13-5-4-6-14(11-13)25-30(28,29)15-8-9-17(21)16(12-15)19(26)23-24-20(27)18-7-2-3-10-22-18/h2-12,25H,1H3,(H,23,26)(H,24,27). The van der Waals surface area contributed by atoms with E-state index in [0.29, 0.717) is 5.69 Å². The number of hydrazine groups is 1. The van der Waals surface area contributed by atoms with Crippen molar-refractivity contribution in [3.8, 4) is 0 Å². The highest BCUT2D eigenvalue weighted by Crippen LogP contribution is 2.23. The van der Waals surface area contributed by atoms with Gasteiger partial charge in [-0.1, -0.05) is 29.8 Å². The Hall–Kier alpha value is -3.43. The summed E-state index contributed by atoms with van der Waals surface area (Å²) in [5.41, 5.74) is 5.65. The van der Waals surface area contributed by atoms with Crippen molar-refractivity contribution in [3.63, 3.8) is 0 Å². The molecule has 0 saturated heterocycles. The van der Waals surface area contributed by atoms with E-state index >= 15 is 0 Å². The molecule has 10 heteroatoms. The molecule has 3 N–H and O–H groups in total. The topological polar surface area (TPSA) is 117 Å². The third-order valence-electron chi connectivity index (χ3n) is 3.95. The normalized spacial score (nSPS) is 10.9. The number of amides is 2. The van der Waals surface area contributed by atoms with E-state index in [9.17, 15) is 18.0 Å². The van der Waals surface area contributed by atoms with E-state index in [-0.39, 0.29) is 21.2 Å². The molecule has 154 valence electrons. The van der Waals surface area contributed by atoms with Gasteiger partial charge in [0, 0.05) is 11.9 Å². The van der Waals surface area contributed by atoms with Crippen LogP contribution in [0.2, 0.25) is 5.02 Å². The third-order valence-corrected chi connectivity index (χ3v) is 5.66. The molecule has 0 atom stereocenters. The molecule has 2 amide bonds. The van der Waals surface area contributed by atoms with Crippen molar-refractivity contribution in [1.29, 1.82) is 0 Å². The van der Waals surface area contributed by atoms with Gasteiger partial charge in [0.2, 0.25) is 0 Å². The van der Waals surface area contributed by atoms with Crippen LogP contribution in [0.5, 0.6) is 0 Å². The second-order valence-corrected chi connectivity index (χ2v) is 8.33. The summed E-state index contributed by atoms with van der Waals surface area (Å²) in [6.07, 6.45) is 1.43. The smallest absolute Gasteiger partial charge is 0.280 e. The molecule has 1 aromatic heterocycles. The summed E-state index contributed by atoms with van der Waals surface area (Å²) >= 11 is 6.05. The van der Waals surface area contributed by atoms with Gasteiger partial charge < -0.3 is 0 Å². The minimum Gasteiger partial charge on any atom is -0.280 e. The molecule has 0 aliphatic heterocycles. The van der Waals surface area contributed by atoms with Gasteiger partial charge in [0.25, 0.3) is 21.8 Å². The zero-order valence-electron chi connectivity index (χ0n) is 15.7. The minimum absolute atomic E-state index is 0.0223. The molecule has 2 aromatic carbocycles. The Labute approximate surface area is 178 Å². The number of sulfonamides is 1. The average Bonchev–Trinajstić information content (AvgIpc) is 2.72. The maximum Gasteiger partial charge on any atom is 0.288 e. The third kappa shape index (κ3) is 5.13. The van der Waals surface area contributed by atoms with E-state index in [1.807, 2.05) is 13.0 Å². The maximum atomic E-state index is 12.7. The van der Waals surface area contributed by atoms with Gasteiger partial charge in [-0.2, -0.15) is 0 Å². The number of hydrogen-bond acceptors (Lipinski definition) is 5. The Kier molecular flexibility index (Phi) is 6.34. The molecular formula is C20H17ClN4O4S. The summed E-state index contributed by atoms with van der Waals surface area (Å²) in [5, 5.41) is 0.0223. The number of rotatable bonds is 5. The largest absolute Gasteiger partial charge is 0.288 e. The van der Waals surface area contributed by atoms with Crippen molar-refractivity contribution >= 4 is 39.1 Å². The number of halogens is 1. The van der Waals surface area contributed by atoms with Crippen LogP contribution in [0.25, 0.3) is 0 Å². The molecule has 1 heterocycles. The number of benzene rings is 2. The number of anilines is 1. The molecule has 0 aliphatic carbocycles. The van der Waals surface area contributed by atoms with Gasteiger partial charge in [0.1, 0.15) is 5.69 Å². The fourth-order valence-electron chi connectivity index (χ4n) is 2.51. The molecule has 0 saturated carbocycles. The molecule has 0 radical (unpaired) electrons. The monoisotopic (exact) mass is 444 g/mol. The van der Waals surface area contributed by atoms with E-state index in [0.717, 1.165) is 11.6 Å². The average molecular weight is 445 g/mol. The summed E-state index contributed by atoms with van der Waals surface area (Å²) < 4.78 is 27.8. The highest BCUT2D eigenvalue weighted by Gasteiger charge is 2.19. The van der Waals surface area contributed by atoms with Crippen LogP contribution in [0.1, 0.15) is 26.4 Å². The van der Waals surface area contributed by atoms with Gasteiger partial charge in [0.15, 0.2) is 0 Å². The minimum atomic E-state index is -3.96. The van der Waals surface area contributed by atoms with E-state index in [4.69, 9.17) is 11.6 Å². The number of pyridine rings is 1. The van der Waals surface area contributed by atoms with Crippen molar-refractivity contribution in [2.45, 2.75) is 11.8 Å². The number of aromatic nitrogens is 1. The Bertz CT molecular complexity index is 1200.